The highest BCUT2D eigenvalue weighted by Crippen LogP contribution is 2.45. The molecule has 1 aliphatic carbocycles. The van der Waals surface area contributed by atoms with Gasteiger partial charge in [-0.2, -0.15) is 0 Å². The Labute approximate surface area is 58.8 Å². The topological polar surface area (TPSA) is 20.3 Å². The van der Waals surface area contributed by atoms with E-state index in [1.54, 1.807) is 4.90 Å². The van der Waals surface area contributed by atoms with Crippen LogP contribution in [-0.2, 0) is 0 Å². The zero-order valence-electron chi connectivity index (χ0n) is 5.01. The summed E-state index contributed by atoms with van der Waals surface area (Å²) in [5.41, 5.74) is 0. The molecule has 1 saturated heterocycles. The van der Waals surface area contributed by atoms with Gasteiger partial charge in [0.1, 0.15) is 0 Å². The Morgan fingerprint density at radius 3 is 2.33 bits per heavy atom. The van der Waals surface area contributed by atoms with Gasteiger partial charge in [0.2, 0.25) is 0 Å². The summed E-state index contributed by atoms with van der Waals surface area (Å²) in [6.45, 7) is 1.82. The molecule has 0 radical (unpaired) electrons. The number of halogens is 1. The van der Waals surface area contributed by atoms with Crippen LogP contribution in [0.1, 0.15) is 6.42 Å². The third-order valence-electron chi connectivity index (χ3n) is 2.23. The maximum atomic E-state index is 10.5. The SMILES string of the molecule is O=C(Cl)N1C[C@H]2C[C@H]2C1. The molecule has 1 amide bonds. The van der Waals surface area contributed by atoms with Crippen molar-refractivity contribution in [3.63, 3.8) is 0 Å². The van der Waals surface area contributed by atoms with Crippen LogP contribution in [0.2, 0.25) is 0 Å². The molecular formula is C6H8ClNO. The van der Waals surface area contributed by atoms with Crippen molar-refractivity contribution in [3.05, 3.63) is 0 Å². The van der Waals surface area contributed by atoms with E-state index >= 15 is 0 Å². The van der Waals surface area contributed by atoms with E-state index < -0.39 is 0 Å². The molecule has 0 spiro atoms. The molecule has 3 heteroatoms. The van der Waals surface area contributed by atoms with Crippen molar-refractivity contribution < 1.29 is 4.79 Å². The van der Waals surface area contributed by atoms with Gasteiger partial charge < -0.3 is 4.90 Å². The molecule has 2 atom stereocenters. The van der Waals surface area contributed by atoms with Gasteiger partial charge in [0.05, 0.1) is 0 Å². The zero-order chi connectivity index (χ0) is 6.43. The lowest BCUT2D eigenvalue weighted by Crippen LogP contribution is -2.24. The van der Waals surface area contributed by atoms with Gasteiger partial charge >= 0.3 is 5.37 Å². The Bertz CT molecular complexity index is 149. The van der Waals surface area contributed by atoms with Gasteiger partial charge in [-0.05, 0) is 29.9 Å². The number of nitrogens with zero attached hydrogens (tertiary/aromatic N) is 1. The summed E-state index contributed by atoms with van der Waals surface area (Å²) in [4.78, 5) is 12.2. The first-order valence-electron chi connectivity index (χ1n) is 3.22. The lowest BCUT2D eigenvalue weighted by molar-refractivity contribution is 0.227. The molecule has 0 unspecified atom stereocenters. The molecule has 50 valence electrons. The summed E-state index contributed by atoms with van der Waals surface area (Å²) < 4.78 is 0. The van der Waals surface area contributed by atoms with Crippen LogP contribution in [0.3, 0.4) is 0 Å². The Kier molecular flexibility index (Phi) is 1.00. The van der Waals surface area contributed by atoms with Crippen LogP contribution in [-0.4, -0.2) is 23.4 Å². The minimum absolute atomic E-state index is 0.276. The molecule has 9 heavy (non-hydrogen) atoms. The molecule has 2 aliphatic rings. The Hall–Kier alpha value is -0.240. The van der Waals surface area contributed by atoms with Crippen molar-refractivity contribution >= 4 is 17.0 Å². The maximum absolute atomic E-state index is 10.5. The van der Waals surface area contributed by atoms with Crippen molar-refractivity contribution in [3.8, 4) is 0 Å². The predicted molar refractivity (Wildman–Crippen MR) is 34.4 cm³/mol. The normalized spacial score (nSPS) is 38.6. The largest absolute Gasteiger partial charge is 0.329 e. The highest BCUT2D eigenvalue weighted by Gasteiger charge is 2.46. The van der Waals surface area contributed by atoms with E-state index in [0.717, 1.165) is 24.9 Å². The highest BCUT2D eigenvalue weighted by molar-refractivity contribution is 6.62. The molecule has 1 heterocycles. The van der Waals surface area contributed by atoms with E-state index in [2.05, 4.69) is 0 Å². The number of fused-ring (bicyclic) bond motifs is 1. The van der Waals surface area contributed by atoms with Crippen LogP contribution in [0.15, 0.2) is 0 Å². The summed E-state index contributed by atoms with van der Waals surface area (Å²) in [6, 6.07) is 0. The monoisotopic (exact) mass is 145 g/mol. The smallest absolute Gasteiger partial charge is 0.316 e. The molecule has 1 saturated carbocycles. The average Bonchev–Trinajstić information content (AvgIpc) is 2.40. The number of piperidine rings is 1. The third-order valence-corrected chi connectivity index (χ3v) is 2.47. The quantitative estimate of drug-likeness (QED) is 0.372. The van der Waals surface area contributed by atoms with Crippen LogP contribution in [0.5, 0.6) is 0 Å². The summed E-state index contributed by atoms with van der Waals surface area (Å²) in [6.07, 6.45) is 1.32. The summed E-state index contributed by atoms with van der Waals surface area (Å²) in [5, 5.41) is -0.276. The molecule has 0 aromatic heterocycles. The lowest BCUT2D eigenvalue weighted by Gasteiger charge is -2.12. The molecule has 2 nitrogen and oxygen atoms in total. The Morgan fingerprint density at radius 1 is 1.44 bits per heavy atom. The number of amides is 1. The van der Waals surface area contributed by atoms with Gasteiger partial charge in [-0.15, -0.1) is 0 Å². The standard InChI is InChI=1S/C6H8ClNO/c7-6(9)8-2-4-1-5(4)3-8/h4-5H,1-3H2/t4-,5+. The fourth-order valence-corrected chi connectivity index (χ4v) is 1.68. The van der Waals surface area contributed by atoms with E-state index in [1.807, 2.05) is 0 Å². The number of rotatable bonds is 0. The van der Waals surface area contributed by atoms with E-state index in [-0.39, 0.29) is 5.37 Å². The van der Waals surface area contributed by atoms with Crippen molar-refractivity contribution in [2.24, 2.45) is 11.8 Å². The minimum atomic E-state index is -0.276. The highest BCUT2D eigenvalue weighted by atomic mass is 35.5. The lowest BCUT2D eigenvalue weighted by atomic mass is 10.4. The van der Waals surface area contributed by atoms with Gasteiger partial charge in [-0.1, -0.05) is 0 Å². The summed E-state index contributed by atoms with van der Waals surface area (Å²) in [5.74, 6) is 1.60. The number of carbonyl (C=O) groups excluding carboxylic acids is 1. The summed E-state index contributed by atoms with van der Waals surface area (Å²) >= 11 is 5.26. The second-order valence-electron chi connectivity index (χ2n) is 2.91. The molecular weight excluding hydrogens is 138 g/mol. The molecule has 1 aliphatic heterocycles. The van der Waals surface area contributed by atoms with Gasteiger partial charge in [-0.25, -0.2) is 0 Å². The molecule has 0 aromatic rings. The predicted octanol–water partition coefficient (Wildman–Crippen LogP) is 1.30. The van der Waals surface area contributed by atoms with Crippen LogP contribution in [0.4, 0.5) is 4.79 Å². The van der Waals surface area contributed by atoms with Crippen LogP contribution < -0.4 is 0 Å². The number of carbonyl (C=O) groups is 1. The van der Waals surface area contributed by atoms with E-state index in [4.69, 9.17) is 11.6 Å². The molecule has 0 aromatic carbocycles. The van der Waals surface area contributed by atoms with Crippen LogP contribution >= 0.6 is 11.6 Å². The van der Waals surface area contributed by atoms with E-state index in [0.29, 0.717) is 0 Å². The first-order valence-corrected chi connectivity index (χ1v) is 3.59. The molecule has 2 fully saturated rings. The maximum Gasteiger partial charge on any atom is 0.316 e. The minimum Gasteiger partial charge on any atom is -0.329 e. The Morgan fingerprint density at radius 2 is 2.00 bits per heavy atom. The van der Waals surface area contributed by atoms with E-state index in [1.165, 1.54) is 6.42 Å². The van der Waals surface area contributed by atoms with Crippen molar-refractivity contribution in [2.75, 3.05) is 13.1 Å². The van der Waals surface area contributed by atoms with Crippen LogP contribution in [0.25, 0.3) is 0 Å². The molecule has 2 rings (SSSR count). The van der Waals surface area contributed by atoms with Gasteiger partial charge in [0.15, 0.2) is 0 Å². The molecule has 0 N–H and O–H groups in total. The zero-order valence-corrected chi connectivity index (χ0v) is 5.77. The second kappa shape index (κ2) is 1.63. The fraction of sp³-hybridized carbons (Fsp3) is 0.833. The van der Waals surface area contributed by atoms with Crippen molar-refractivity contribution in [1.29, 1.82) is 0 Å². The number of hydrogen-bond acceptors (Lipinski definition) is 1. The fourth-order valence-electron chi connectivity index (χ4n) is 1.54. The van der Waals surface area contributed by atoms with Gasteiger partial charge in [-0.3, -0.25) is 4.79 Å². The number of hydrogen-bond donors (Lipinski definition) is 0. The summed E-state index contributed by atoms with van der Waals surface area (Å²) in [7, 11) is 0. The molecule has 0 bridgehead atoms. The van der Waals surface area contributed by atoms with Crippen molar-refractivity contribution in [2.45, 2.75) is 6.42 Å². The van der Waals surface area contributed by atoms with Crippen LogP contribution in [0, 0.1) is 11.8 Å². The average molecular weight is 146 g/mol. The number of likely N-dealkylation sites (tertiary alicyclic amines) is 1. The van der Waals surface area contributed by atoms with E-state index in [9.17, 15) is 4.79 Å². The van der Waals surface area contributed by atoms with Gasteiger partial charge in [0.25, 0.3) is 0 Å². The first kappa shape index (κ1) is 5.54. The van der Waals surface area contributed by atoms with Crippen molar-refractivity contribution in [1.82, 2.24) is 4.90 Å². The second-order valence-corrected chi connectivity index (χ2v) is 3.24. The third kappa shape index (κ3) is 0.816. The Balaban J connectivity index is 1.97. The first-order chi connectivity index (χ1) is 4.27. The van der Waals surface area contributed by atoms with Gasteiger partial charge in [0, 0.05) is 13.1 Å².